The molecule has 0 atom stereocenters. The maximum absolute atomic E-state index is 11.7. The van der Waals surface area contributed by atoms with Gasteiger partial charge in [0.25, 0.3) is 0 Å². The molecular weight excluding hydrogens is 961 g/mol. The topological polar surface area (TPSA) is 63.1 Å². The zero-order valence-electron chi connectivity index (χ0n) is 36.8. The van der Waals surface area contributed by atoms with Crippen LogP contribution in [0.4, 0.5) is 0 Å². The van der Waals surface area contributed by atoms with Gasteiger partial charge in [0, 0.05) is 61.8 Å². The molecule has 0 fully saturated rings. The Balaban J connectivity index is 0.000000147. The van der Waals surface area contributed by atoms with E-state index in [1.807, 2.05) is 52.2 Å². The van der Waals surface area contributed by atoms with Gasteiger partial charge in [0.2, 0.25) is 0 Å². The predicted molar refractivity (Wildman–Crippen MR) is 266 cm³/mol. The molecule has 1 N–H and O–H groups in total. The quantitative estimate of drug-likeness (QED) is 0.0677. The van der Waals surface area contributed by atoms with E-state index in [1.54, 1.807) is 0 Å². The molecule has 4 nitrogen and oxygen atoms in total. The number of carbonyl (C=O) groups excluding carboxylic acids is 1. The molecule has 2 aromatic heterocycles. The minimum absolute atomic E-state index is 0. The maximum atomic E-state index is 11.7. The van der Waals surface area contributed by atoms with Crippen LogP contribution in [0.3, 0.4) is 0 Å². The number of benzene rings is 8. The van der Waals surface area contributed by atoms with E-state index >= 15 is 0 Å². The Labute approximate surface area is 390 Å². The van der Waals surface area contributed by atoms with Gasteiger partial charge in [-0.1, -0.05) is 159 Å². The third-order valence-corrected chi connectivity index (χ3v) is 12.3. The number of hydrogen-bond donors (Lipinski definition) is 1. The van der Waals surface area contributed by atoms with Crippen LogP contribution in [0, 0.1) is 24.0 Å². The normalized spacial score (nSPS) is 11.4. The van der Waals surface area contributed by atoms with Crippen molar-refractivity contribution in [2.24, 2.45) is 11.8 Å². The molecule has 0 spiro atoms. The number of allylic oxidation sites excluding steroid dienone is 2. The predicted octanol–water partition coefficient (Wildman–Crippen LogP) is 15.9. The molecular formula is C59H52IrN2O2-2. The van der Waals surface area contributed by atoms with Gasteiger partial charge in [0.15, 0.2) is 5.78 Å². The van der Waals surface area contributed by atoms with Crippen molar-refractivity contribution in [3.8, 4) is 22.5 Å². The van der Waals surface area contributed by atoms with E-state index in [-0.39, 0.29) is 43.5 Å². The summed E-state index contributed by atoms with van der Waals surface area (Å²) in [5.74, 6) is 0.547. The van der Waals surface area contributed by atoms with Crippen molar-refractivity contribution in [1.29, 1.82) is 0 Å². The van der Waals surface area contributed by atoms with Crippen LogP contribution in [0.5, 0.6) is 0 Å². The zero-order valence-corrected chi connectivity index (χ0v) is 39.2. The van der Waals surface area contributed by atoms with Crippen LogP contribution in [0.15, 0.2) is 182 Å². The number of hydrogen-bond acceptors (Lipinski definition) is 4. The minimum Gasteiger partial charge on any atom is -0.512 e. The summed E-state index contributed by atoms with van der Waals surface area (Å²) in [5.41, 5.74) is 4.05. The molecule has 0 amide bonds. The Bertz CT molecular complexity index is 3040. The molecule has 0 unspecified atom stereocenters. The Morgan fingerprint density at radius 2 is 0.859 bits per heavy atom. The average Bonchev–Trinajstić information content (AvgIpc) is 3.34. The summed E-state index contributed by atoms with van der Waals surface area (Å²) in [6.45, 7) is 8.07. The smallest absolute Gasteiger partial charge is 0.162 e. The third kappa shape index (κ3) is 9.82. The summed E-state index contributed by atoms with van der Waals surface area (Å²) < 4.78 is 0. The molecule has 0 aliphatic rings. The molecule has 0 saturated heterocycles. The number of fused-ring (bicyclic) bond motifs is 8. The van der Waals surface area contributed by atoms with Gasteiger partial charge in [0.1, 0.15) is 0 Å². The fourth-order valence-corrected chi connectivity index (χ4v) is 8.59. The van der Waals surface area contributed by atoms with Gasteiger partial charge >= 0.3 is 0 Å². The summed E-state index contributed by atoms with van der Waals surface area (Å²) in [6, 6.07) is 62.0. The van der Waals surface area contributed by atoms with E-state index in [1.165, 1.54) is 59.9 Å². The fourth-order valence-electron chi connectivity index (χ4n) is 8.59. The van der Waals surface area contributed by atoms with Crippen molar-refractivity contribution in [3.63, 3.8) is 0 Å². The van der Waals surface area contributed by atoms with Gasteiger partial charge in [-0.05, 0) is 80.9 Å². The molecule has 0 bridgehead atoms. The second-order valence-corrected chi connectivity index (χ2v) is 16.0. The number of rotatable bonds is 9. The van der Waals surface area contributed by atoms with Gasteiger partial charge in [-0.2, -0.15) is 0 Å². The summed E-state index contributed by atoms with van der Waals surface area (Å²) in [7, 11) is 0. The van der Waals surface area contributed by atoms with E-state index < -0.39 is 0 Å². The number of pyridine rings is 2. The Kier molecular flexibility index (Phi) is 15.1. The summed E-state index contributed by atoms with van der Waals surface area (Å²) in [5, 5.41) is 24.2. The number of aliphatic hydroxyl groups excluding tert-OH is 1. The first-order valence-corrected chi connectivity index (χ1v) is 22.2. The molecule has 0 saturated carbocycles. The molecule has 0 aliphatic heterocycles. The number of ketones is 1. The fraction of sp³-hybridized carbons (Fsp3) is 0.169. The van der Waals surface area contributed by atoms with Crippen molar-refractivity contribution in [3.05, 3.63) is 194 Å². The molecule has 10 aromatic rings. The first kappa shape index (κ1) is 45.5. The van der Waals surface area contributed by atoms with Crippen LogP contribution in [-0.2, 0) is 24.9 Å². The SMILES string of the molecule is CCC(CC)C(=O)/C=C(\O)C(CC)CC.[Ir].[c-]1c(-c2nccc3c2ccc2ccccc23)ccc2ccccc12.[c-]1c(-c2nccc3c2ccc2ccccc23)ccc2ccccc12. The molecule has 8 aromatic carbocycles. The van der Waals surface area contributed by atoms with Crippen LogP contribution in [0.1, 0.15) is 53.4 Å². The average molecular weight is 1010 g/mol. The van der Waals surface area contributed by atoms with Crippen LogP contribution in [-0.4, -0.2) is 20.9 Å². The van der Waals surface area contributed by atoms with E-state index in [4.69, 9.17) is 0 Å². The summed E-state index contributed by atoms with van der Waals surface area (Å²) in [4.78, 5) is 21.0. The van der Waals surface area contributed by atoms with Gasteiger partial charge < -0.3 is 5.11 Å². The van der Waals surface area contributed by atoms with Crippen LogP contribution in [0.25, 0.3) is 87.1 Å². The first-order chi connectivity index (χ1) is 30.9. The van der Waals surface area contributed by atoms with Crippen molar-refractivity contribution < 1.29 is 30.0 Å². The van der Waals surface area contributed by atoms with Gasteiger partial charge in [-0.15, -0.1) is 59.3 Å². The molecule has 0 aliphatic carbocycles. The largest absolute Gasteiger partial charge is 0.512 e. The Hall–Kier alpha value is -6.52. The van der Waals surface area contributed by atoms with E-state index in [9.17, 15) is 9.90 Å². The minimum atomic E-state index is 0. The zero-order chi connectivity index (χ0) is 43.7. The van der Waals surface area contributed by atoms with Crippen molar-refractivity contribution in [2.75, 3.05) is 0 Å². The standard InChI is InChI=1S/2C23H14N.C13H24O2.Ir/c2*1-2-7-18-15-19(10-9-16(18)5-1)23-22-12-11-17-6-3-4-8-20(17)21(22)13-14-24-23;1-5-10(6-2)12(14)9-13(15)11(7-3)8-4;/h2*1-14H;9-11,14H,5-8H2,1-4H3;/q2*-1;;/b;;12-9-;. The van der Waals surface area contributed by atoms with Crippen molar-refractivity contribution in [1.82, 2.24) is 9.97 Å². The summed E-state index contributed by atoms with van der Waals surface area (Å²) >= 11 is 0. The van der Waals surface area contributed by atoms with E-state index in [2.05, 4.69) is 168 Å². The molecule has 1 radical (unpaired) electrons. The Morgan fingerprint density at radius 1 is 0.469 bits per heavy atom. The van der Waals surface area contributed by atoms with Crippen molar-refractivity contribution >= 4 is 70.4 Å². The molecule has 2 heterocycles. The van der Waals surface area contributed by atoms with Crippen molar-refractivity contribution in [2.45, 2.75) is 53.4 Å². The first-order valence-electron chi connectivity index (χ1n) is 22.2. The van der Waals surface area contributed by atoms with E-state index in [0.717, 1.165) is 59.0 Å². The monoisotopic (exact) mass is 1010 g/mol. The summed E-state index contributed by atoms with van der Waals surface area (Å²) in [6.07, 6.45) is 8.70. The molecule has 10 rings (SSSR count). The molecule has 5 heteroatoms. The van der Waals surface area contributed by atoms with E-state index in [0.29, 0.717) is 0 Å². The maximum Gasteiger partial charge on any atom is 0.162 e. The second-order valence-electron chi connectivity index (χ2n) is 16.0. The molecule has 64 heavy (non-hydrogen) atoms. The molecule has 321 valence electrons. The van der Waals surface area contributed by atoms with Gasteiger partial charge in [0.05, 0.1) is 5.76 Å². The number of nitrogens with zero attached hydrogens (tertiary/aromatic N) is 2. The van der Waals surface area contributed by atoms with Gasteiger partial charge in [-0.25, -0.2) is 0 Å². The van der Waals surface area contributed by atoms with Crippen LogP contribution >= 0.6 is 0 Å². The Morgan fingerprint density at radius 3 is 1.30 bits per heavy atom. The number of aromatic nitrogens is 2. The number of aliphatic hydroxyl groups is 1. The van der Waals surface area contributed by atoms with Crippen LogP contribution < -0.4 is 0 Å². The second kappa shape index (κ2) is 21.2. The third-order valence-electron chi connectivity index (χ3n) is 12.3. The van der Waals surface area contributed by atoms with Gasteiger partial charge in [-0.3, -0.25) is 14.8 Å². The number of carbonyl (C=O) groups is 1. The van der Waals surface area contributed by atoms with Crippen LogP contribution in [0.2, 0.25) is 0 Å².